The molecule has 0 unspecified atom stereocenters. The second-order valence-electron chi connectivity index (χ2n) is 5.52. The van der Waals surface area contributed by atoms with Gasteiger partial charge in [0, 0.05) is 17.0 Å². The summed E-state index contributed by atoms with van der Waals surface area (Å²) >= 11 is 0. The Morgan fingerprint density at radius 3 is 2.65 bits per heavy atom. The molecule has 2 aromatic heterocycles. The normalized spacial score (nSPS) is 10.6. The van der Waals surface area contributed by atoms with Gasteiger partial charge in [-0.3, -0.25) is 4.98 Å². The van der Waals surface area contributed by atoms with Gasteiger partial charge in [0.15, 0.2) is 0 Å². The van der Waals surface area contributed by atoms with E-state index in [1.54, 1.807) is 38.3 Å². The molecule has 7 nitrogen and oxygen atoms in total. The quantitative estimate of drug-likeness (QED) is 0.649. The number of carbonyl (C=O) groups excluding carboxylic acids is 2. The molecule has 0 atom stereocenters. The molecule has 0 saturated heterocycles. The number of ether oxygens (including phenoxy) is 3. The molecule has 26 heavy (non-hydrogen) atoms. The summed E-state index contributed by atoms with van der Waals surface area (Å²) in [7, 11) is 2.83. The topological polar surface area (TPSA) is 87.9 Å². The molecule has 0 saturated carbocycles. The fourth-order valence-corrected chi connectivity index (χ4v) is 2.52. The molecule has 0 aliphatic carbocycles. The molecule has 7 heteroatoms. The summed E-state index contributed by atoms with van der Waals surface area (Å²) in [4.78, 5) is 28.5. The number of pyridine rings is 1. The van der Waals surface area contributed by atoms with Gasteiger partial charge in [0.2, 0.25) is 5.76 Å². The van der Waals surface area contributed by atoms with Gasteiger partial charge in [0.05, 0.1) is 37.3 Å². The van der Waals surface area contributed by atoms with Crippen molar-refractivity contribution < 1.29 is 28.2 Å². The van der Waals surface area contributed by atoms with Crippen molar-refractivity contribution >= 4 is 22.8 Å². The van der Waals surface area contributed by atoms with Gasteiger partial charge in [-0.05, 0) is 31.2 Å². The highest BCUT2D eigenvalue weighted by molar-refractivity contribution is 5.95. The Kier molecular flexibility index (Phi) is 4.88. The molecule has 3 aromatic rings. The lowest BCUT2D eigenvalue weighted by Crippen LogP contribution is -2.10. The van der Waals surface area contributed by atoms with Crippen molar-refractivity contribution in [3.8, 4) is 5.75 Å². The van der Waals surface area contributed by atoms with Crippen LogP contribution in [0.1, 0.15) is 32.2 Å². The van der Waals surface area contributed by atoms with E-state index in [-0.39, 0.29) is 12.4 Å². The molecular weight excluding hydrogens is 338 g/mol. The summed E-state index contributed by atoms with van der Waals surface area (Å²) in [6, 6.07) is 8.68. The molecule has 0 bridgehead atoms. The zero-order chi connectivity index (χ0) is 18.7. The maximum absolute atomic E-state index is 12.4. The monoisotopic (exact) mass is 355 g/mol. The van der Waals surface area contributed by atoms with Crippen molar-refractivity contribution in [1.29, 1.82) is 0 Å². The zero-order valence-corrected chi connectivity index (χ0v) is 14.6. The van der Waals surface area contributed by atoms with Crippen LogP contribution >= 0.6 is 0 Å². The number of hydrogen-bond donors (Lipinski definition) is 0. The Balaban J connectivity index is 1.81. The fraction of sp³-hybridized carbons (Fsp3) is 0.211. The predicted molar refractivity (Wildman–Crippen MR) is 92.2 cm³/mol. The maximum atomic E-state index is 12.4. The van der Waals surface area contributed by atoms with E-state index in [9.17, 15) is 9.59 Å². The van der Waals surface area contributed by atoms with Crippen molar-refractivity contribution in [3.63, 3.8) is 0 Å². The van der Waals surface area contributed by atoms with Gasteiger partial charge >= 0.3 is 11.9 Å². The maximum Gasteiger partial charge on any atom is 0.374 e. The molecular formula is C19H17NO6. The van der Waals surface area contributed by atoms with Crippen LogP contribution in [-0.4, -0.2) is 31.1 Å². The number of carbonyl (C=O) groups is 2. The molecule has 134 valence electrons. The van der Waals surface area contributed by atoms with Crippen molar-refractivity contribution in [2.24, 2.45) is 0 Å². The number of nitrogens with zero attached hydrogens (tertiary/aromatic N) is 1. The van der Waals surface area contributed by atoms with Gasteiger partial charge in [0.25, 0.3) is 0 Å². The molecule has 2 heterocycles. The van der Waals surface area contributed by atoms with Crippen LogP contribution < -0.4 is 4.74 Å². The average molecular weight is 355 g/mol. The highest BCUT2D eigenvalue weighted by atomic mass is 16.5. The Bertz CT molecular complexity index is 975. The fourth-order valence-electron chi connectivity index (χ4n) is 2.52. The highest BCUT2D eigenvalue weighted by Gasteiger charge is 2.19. The standard InChI is InChI=1S/C19H17NO6/c1-11-15(8-12-4-5-14(23-2)9-16(12)20-11)18(21)26-10-13-6-7-25-17(13)19(22)24-3/h4-9H,10H2,1-3H3. The van der Waals surface area contributed by atoms with E-state index >= 15 is 0 Å². The number of methoxy groups -OCH3 is 2. The molecule has 0 fully saturated rings. The van der Waals surface area contributed by atoms with Crippen molar-refractivity contribution in [3.05, 3.63) is 59.2 Å². The summed E-state index contributed by atoms with van der Waals surface area (Å²) < 4.78 is 20.2. The van der Waals surface area contributed by atoms with Crippen LogP contribution in [0.3, 0.4) is 0 Å². The van der Waals surface area contributed by atoms with E-state index in [0.717, 1.165) is 10.9 Å². The van der Waals surface area contributed by atoms with Gasteiger partial charge in [-0.15, -0.1) is 0 Å². The minimum Gasteiger partial charge on any atom is -0.497 e. The molecule has 0 spiro atoms. The molecule has 0 amide bonds. The van der Waals surface area contributed by atoms with Gasteiger partial charge in [-0.1, -0.05) is 0 Å². The minimum absolute atomic E-state index is 0.0146. The van der Waals surface area contributed by atoms with E-state index in [1.807, 2.05) is 6.07 Å². The third-order valence-corrected chi connectivity index (χ3v) is 3.91. The lowest BCUT2D eigenvalue weighted by atomic mass is 10.1. The van der Waals surface area contributed by atoms with Crippen LogP contribution in [0.4, 0.5) is 0 Å². The van der Waals surface area contributed by atoms with E-state index in [0.29, 0.717) is 22.6 Å². The number of benzene rings is 1. The summed E-state index contributed by atoms with van der Waals surface area (Å²) in [6.07, 6.45) is 1.34. The first kappa shape index (κ1) is 17.5. The van der Waals surface area contributed by atoms with Crippen LogP contribution in [0.15, 0.2) is 41.0 Å². The van der Waals surface area contributed by atoms with E-state index in [4.69, 9.17) is 13.9 Å². The number of esters is 2. The van der Waals surface area contributed by atoms with Gasteiger partial charge in [0.1, 0.15) is 12.4 Å². The Labute approximate surface area is 149 Å². The van der Waals surface area contributed by atoms with Crippen LogP contribution in [0, 0.1) is 6.92 Å². The average Bonchev–Trinajstić information content (AvgIpc) is 3.13. The lowest BCUT2D eigenvalue weighted by molar-refractivity contribution is 0.0452. The Morgan fingerprint density at radius 2 is 1.92 bits per heavy atom. The smallest absolute Gasteiger partial charge is 0.374 e. The first-order valence-corrected chi connectivity index (χ1v) is 7.80. The largest absolute Gasteiger partial charge is 0.497 e. The molecule has 0 aliphatic rings. The minimum atomic E-state index is -0.626. The summed E-state index contributed by atoms with van der Waals surface area (Å²) in [5.74, 6) is -0.459. The van der Waals surface area contributed by atoms with E-state index in [2.05, 4.69) is 9.72 Å². The zero-order valence-electron chi connectivity index (χ0n) is 14.6. The molecule has 0 N–H and O–H groups in total. The van der Waals surface area contributed by atoms with Crippen LogP contribution in [0.5, 0.6) is 5.75 Å². The molecule has 0 radical (unpaired) electrons. The van der Waals surface area contributed by atoms with Crippen molar-refractivity contribution in [2.75, 3.05) is 14.2 Å². The first-order valence-electron chi connectivity index (χ1n) is 7.80. The molecule has 1 aromatic carbocycles. The highest BCUT2D eigenvalue weighted by Crippen LogP contribution is 2.22. The Morgan fingerprint density at radius 1 is 1.12 bits per heavy atom. The third kappa shape index (κ3) is 3.37. The lowest BCUT2D eigenvalue weighted by Gasteiger charge is -2.09. The number of aromatic nitrogens is 1. The second kappa shape index (κ2) is 7.26. The number of hydrogen-bond acceptors (Lipinski definition) is 7. The van der Waals surface area contributed by atoms with E-state index < -0.39 is 11.9 Å². The second-order valence-corrected chi connectivity index (χ2v) is 5.52. The SMILES string of the molecule is COC(=O)c1occc1COC(=O)c1cc2ccc(OC)cc2nc1C. The molecule has 0 aliphatic heterocycles. The number of fused-ring (bicyclic) bond motifs is 1. The van der Waals surface area contributed by atoms with Gasteiger partial charge in [-0.2, -0.15) is 0 Å². The predicted octanol–water partition coefficient (Wildman–Crippen LogP) is 3.29. The van der Waals surface area contributed by atoms with Gasteiger partial charge in [-0.25, -0.2) is 9.59 Å². The first-order chi connectivity index (χ1) is 12.5. The summed E-state index contributed by atoms with van der Waals surface area (Å²) in [6.45, 7) is 1.62. The molecule has 3 rings (SSSR count). The number of furan rings is 1. The van der Waals surface area contributed by atoms with E-state index in [1.165, 1.54) is 13.4 Å². The number of rotatable bonds is 5. The summed E-state index contributed by atoms with van der Waals surface area (Å²) in [5.41, 5.74) is 2.05. The van der Waals surface area contributed by atoms with Gasteiger partial charge < -0.3 is 18.6 Å². The van der Waals surface area contributed by atoms with Crippen molar-refractivity contribution in [1.82, 2.24) is 4.98 Å². The number of aryl methyl sites for hydroxylation is 1. The van der Waals surface area contributed by atoms with Crippen molar-refractivity contribution in [2.45, 2.75) is 13.5 Å². The Hall–Kier alpha value is -3.35. The van der Waals surface area contributed by atoms with Crippen LogP contribution in [-0.2, 0) is 16.1 Å². The van der Waals surface area contributed by atoms with Crippen LogP contribution in [0.25, 0.3) is 10.9 Å². The summed E-state index contributed by atoms with van der Waals surface area (Å²) in [5, 5.41) is 0.793. The van der Waals surface area contributed by atoms with Crippen LogP contribution in [0.2, 0.25) is 0 Å². The third-order valence-electron chi connectivity index (χ3n) is 3.91.